The van der Waals surface area contributed by atoms with E-state index in [0.29, 0.717) is 10.9 Å². The van der Waals surface area contributed by atoms with Gasteiger partial charge in [-0.2, -0.15) is 0 Å². The van der Waals surface area contributed by atoms with Gasteiger partial charge in [0.05, 0.1) is 13.2 Å². The predicted molar refractivity (Wildman–Crippen MR) is 123 cm³/mol. The highest BCUT2D eigenvalue weighted by molar-refractivity contribution is 6.31. The number of benzene rings is 2. The minimum atomic E-state index is -0.188. The molecular weight excluding hydrogens is 398 g/mol. The van der Waals surface area contributed by atoms with Gasteiger partial charge in [-0.1, -0.05) is 17.7 Å². The Kier molecular flexibility index (Phi) is 6.02. The highest BCUT2D eigenvalue weighted by Gasteiger charge is 2.28. The predicted octanol–water partition coefficient (Wildman–Crippen LogP) is 5.34. The number of H-pyrrole nitrogens is 1. The highest BCUT2D eigenvalue weighted by Crippen LogP contribution is 2.35. The third kappa shape index (κ3) is 4.18. The summed E-state index contributed by atoms with van der Waals surface area (Å²) in [5, 5.41) is 4.90. The first-order valence-electron chi connectivity index (χ1n) is 10.4. The average molecular weight is 426 g/mol. The summed E-state index contributed by atoms with van der Waals surface area (Å²) < 4.78 is 5.40. The van der Waals surface area contributed by atoms with Crippen molar-refractivity contribution in [3.05, 3.63) is 58.7 Å². The largest absolute Gasteiger partial charge is 0.497 e. The molecule has 1 saturated heterocycles. The molecule has 30 heavy (non-hydrogen) atoms. The van der Waals surface area contributed by atoms with Crippen LogP contribution in [0.25, 0.3) is 10.9 Å². The molecule has 1 aromatic heterocycles. The van der Waals surface area contributed by atoms with Crippen LogP contribution in [0.4, 0.5) is 5.69 Å². The van der Waals surface area contributed by atoms with E-state index in [0.717, 1.165) is 48.4 Å². The fourth-order valence-corrected chi connectivity index (χ4v) is 4.49. The van der Waals surface area contributed by atoms with E-state index in [1.807, 2.05) is 32.0 Å². The lowest BCUT2D eigenvalue weighted by atomic mass is 9.88. The van der Waals surface area contributed by atoms with E-state index >= 15 is 0 Å². The van der Waals surface area contributed by atoms with E-state index in [1.165, 1.54) is 10.9 Å². The van der Waals surface area contributed by atoms with Gasteiger partial charge < -0.3 is 15.0 Å². The zero-order valence-electron chi connectivity index (χ0n) is 17.7. The molecule has 5 nitrogen and oxygen atoms in total. The summed E-state index contributed by atoms with van der Waals surface area (Å²) in [4.78, 5) is 18.5. The number of halogens is 1. The number of aryl methyl sites for hydroxylation is 1. The summed E-state index contributed by atoms with van der Waals surface area (Å²) in [6.07, 6.45) is 4.18. The number of carbonyl (C=O) groups excluding carboxylic acids is 1. The maximum atomic E-state index is 12.8. The zero-order valence-corrected chi connectivity index (χ0v) is 18.4. The second-order valence-corrected chi connectivity index (χ2v) is 8.53. The SMILES string of the molecule is COc1ccc2[nH]cc(C3CCN(C(C)C(=O)Nc4cc(Cl)ccc4C)CC3)c2c1. The van der Waals surface area contributed by atoms with Crippen molar-refractivity contribution >= 4 is 34.1 Å². The Morgan fingerprint density at radius 1 is 1.23 bits per heavy atom. The Balaban J connectivity index is 1.40. The molecule has 2 N–H and O–H groups in total. The highest BCUT2D eigenvalue weighted by atomic mass is 35.5. The topological polar surface area (TPSA) is 57.4 Å². The second-order valence-electron chi connectivity index (χ2n) is 8.09. The van der Waals surface area contributed by atoms with Crippen molar-refractivity contribution in [3.8, 4) is 5.75 Å². The number of fused-ring (bicyclic) bond motifs is 1. The van der Waals surface area contributed by atoms with Crippen LogP contribution in [0.5, 0.6) is 5.75 Å². The third-order valence-electron chi connectivity index (χ3n) is 6.27. The number of hydrogen-bond acceptors (Lipinski definition) is 3. The van der Waals surface area contributed by atoms with Crippen molar-refractivity contribution in [2.45, 2.75) is 38.6 Å². The van der Waals surface area contributed by atoms with Crippen LogP contribution in [0, 0.1) is 6.92 Å². The molecule has 158 valence electrons. The quantitative estimate of drug-likeness (QED) is 0.579. The molecule has 0 spiro atoms. The van der Waals surface area contributed by atoms with Gasteiger partial charge in [-0.3, -0.25) is 9.69 Å². The molecule has 0 saturated carbocycles. The van der Waals surface area contributed by atoms with Crippen molar-refractivity contribution < 1.29 is 9.53 Å². The monoisotopic (exact) mass is 425 g/mol. The summed E-state index contributed by atoms with van der Waals surface area (Å²) in [7, 11) is 1.70. The minimum absolute atomic E-state index is 0.00986. The lowest BCUT2D eigenvalue weighted by molar-refractivity contribution is -0.121. The fourth-order valence-electron chi connectivity index (χ4n) is 4.32. The first kappa shape index (κ1) is 20.8. The number of amides is 1. The Hall–Kier alpha value is -2.50. The van der Waals surface area contributed by atoms with Crippen LogP contribution >= 0.6 is 11.6 Å². The lowest BCUT2D eigenvalue weighted by Crippen LogP contribution is -2.45. The summed E-state index contributed by atoms with van der Waals surface area (Å²) in [6, 6.07) is 11.5. The van der Waals surface area contributed by atoms with Crippen molar-refractivity contribution in [3.63, 3.8) is 0 Å². The molecule has 1 unspecified atom stereocenters. The van der Waals surface area contributed by atoms with Crippen molar-refractivity contribution in [2.75, 3.05) is 25.5 Å². The van der Waals surface area contributed by atoms with Gasteiger partial charge in [-0.25, -0.2) is 0 Å². The maximum absolute atomic E-state index is 12.8. The number of anilines is 1. The van der Waals surface area contributed by atoms with Crippen LogP contribution < -0.4 is 10.1 Å². The molecule has 4 rings (SSSR count). The number of rotatable bonds is 5. The van der Waals surface area contributed by atoms with Gasteiger partial charge in [-0.05, 0) is 87.2 Å². The van der Waals surface area contributed by atoms with Gasteiger partial charge in [0, 0.05) is 27.8 Å². The molecule has 0 aliphatic carbocycles. The van der Waals surface area contributed by atoms with E-state index in [1.54, 1.807) is 13.2 Å². The normalized spacial score (nSPS) is 16.5. The number of carbonyl (C=O) groups is 1. The van der Waals surface area contributed by atoms with Gasteiger partial charge >= 0.3 is 0 Å². The second kappa shape index (κ2) is 8.70. The van der Waals surface area contributed by atoms with Crippen LogP contribution in [0.15, 0.2) is 42.6 Å². The first-order valence-corrected chi connectivity index (χ1v) is 10.8. The standard InChI is InChI=1S/C24H28ClN3O2/c1-15-4-5-18(25)12-23(15)27-24(29)16(2)28-10-8-17(9-11-28)21-14-26-22-7-6-19(30-3)13-20(21)22/h4-7,12-14,16-17,26H,8-11H2,1-3H3,(H,27,29). The van der Waals surface area contributed by atoms with Crippen LogP contribution in [-0.4, -0.2) is 42.0 Å². The van der Waals surface area contributed by atoms with Gasteiger partial charge in [0.1, 0.15) is 5.75 Å². The molecule has 1 fully saturated rings. The van der Waals surface area contributed by atoms with E-state index in [9.17, 15) is 4.79 Å². The van der Waals surface area contributed by atoms with Gasteiger partial charge in [-0.15, -0.1) is 0 Å². The zero-order chi connectivity index (χ0) is 21.3. The number of methoxy groups -OCH3 is 1. The van der Waals surface area contributed by atoms with Crippen molar-refractivity contribution in [2.24, 2.45) is 0 Å². The van der Waals surface area contributed by atoms with E-state index in [-0.39, 0.29) is 11.9 Å². The molecule has 1 atom stereocenters. The maximum Gasteiger partial charge on any atom is 0.241 e. The number of aromatic amines is 1. The number of aromatic nitrogens is 1. The van der Waals surface area contributed by atoms with Gasteiger partial charge in [0.15, 0.2) is 0 Å². The molecule has 6 heteroatoms. The van der Waals surface area contributed by atoms with E-state index in [2.05, 4.69) is 33.5 Å². The van der Waals surface area contributed by atoms with Crippen LogP contribution in [0.2, 0.25) is 5.02 Å². The van der Waals surface area contributed by atoms with Crippen LogP contribution in [0.3, 0.4) is 0 Å². The third-order valence-corrected chi connectivity index (χ3v) is 6.51. The summed E-state index contributed by atoms with van der Waals surface area (Å²) >= 11 is 6.08. The van der Waals surface area contributed by atoms with Crippen LogP contribution in [-0.2, 0) is 4.79 Å². The first-order chi connectivity index (χ1) is 14.5. The van der Waals surface area contributed by atoms with Gasteiger partial charge in [0.25, 0.3) is 0 Å². The molecule has 3 aromatic rings. The Labute approximate surface area is 182 Å². The molecule has 0 bridgehead atoms. The van der Waals surface area contributed by atoms with Crippen molar-refractivity contribution in [1.29, 1.82) is 0 Å². The Morgan fingerprint density at radius 2 is 2.00 bits per heavy atom. The molecular formula is C24H28ClN3O2. The van der Waals surface area contributed by atoms with E-state index < -0.39 is 0 Å². The van der Waals surface area contributed by atoms with E-state index in [4.69, 9.17) is 16.3 Å². The summed E-state index contributed by atoms with van der Waals surface area (Å²) in [6.45, 7) is 5.74. The summed E-state index contributed by atoms with van der Waals surface area (Å²) in [5.41, 5.74) is 4.27. The molecule has 1 aliphatic rings. The average Bonchev–Trinajstić information content (AvgIpc) is 3.19. The Morgan fingerprint density at radius 3 is 2.73 bits per heavy atom. The van der Waals surface area contributed by atoms with Crippen molar-refractivity contribution in [1.82, 2.24) is 9.88 Å². The minimum Gasteiger partial charge on any atom is -0.497 e. The number of piperidine rings is 1. The number of nitrogens with zero attached hydrogens (tertiary/aromatic N) is 1. The summed E-state index contributed by atoms with van der Waals surface area (Å²) in [5.74, 6) is 1.37. The van der Waals surface area contributed by atoms with Gasteiger partial charge in [0.2, 0.25) is 5.91 Å². The number of ether oxygens (including phenoxy) is 1. The lowest BCUT2D eigenvalue weighted by Gasteiger charge is -2.35. The number of likely N-dealkylation sites (tertiary alicyclic amines) is 1. The molecule has 1 amide bonds. The molecule has 2 heterocycles. The molecule has 1 aliphatic heterocycles. The Bertz CT molecular complexity index is 1050. The number of hydrogen-bond donors (Lipinski definition) is 2. The number of nitrogens with one attached hydrogen (secondary N) is 2. The smallest absolute Gasteiger partial charge is 0.241 e. The molecule has 0 radical (unpaired) electrons. The van der Waals surface area contributed by atoms with Crippen LogP contribution in [0.1, 0.15) is 36.8 Å². The molecule has 2 aromatic carbocycles. The fraction of sp³-hybridized carbons (Fsp3) is 0.375.